The van der Waals surface area contributed by atoms with E-state index in [1.165, 1.54) is 6.92 Å². The summed E-state index contributed by atoms with van der Waals surface area (Å²) in [4.78, 5) is 21.5. The van der Waals surface area contributed by atoms with E-state index in [2.05, 4.69) is 0 Å². The molecule has 0 saturated carbocycles. The molecule has 0 aliphatic carbocycles. The molecule has 0 aliphatic heterocycles. The molecule has 13 heavy (non-hydrogen) atoms. The minimum atomic E-state index is -0.759. The number of esters is 2. The van der Waals surface area contributed by atoms with E-state index in [-0.39, 0.29) is 18.3 Å². The number of carbonyl (C=O) groups is 2. The Morgan fingerprint density at radius 2 is 1.77 bits per heavy atom. The van der Waals surface area contributed by atoms with Gasteiger partial charge in [0.15, 0.2) is 0 Å². The molecule has 0 aromatic carbocycles. The van der Waals surface area contributed by atoms with Gasteiger partial charge in [0.2, 0.25) is 6.29 Å². The molecule has 0 aromatic heterocycles. The maximum absolute atomic E-state index is 10.9. The van der Waals surface area contributed by atoms with E-state index < -0.39 is 12.3 Å². The summed E-state index contributed by atoms with van der Waals surface area (Å²) in [6.45, 7) is 6.61. The summed E-state index contributed by atoms with van der Waals surface area (Å²) in [5.74, 6) is -0.832. The molecule has 0 amide bonds. The minimum Gasteiger partial charge on any atom is -0.425 e. The first-order valence-corrected chi connectivity index (χ1v) is 4.34. The molecule has 76 valence electrons. The quantitative estimate of drug-likeness (QED) is 0.495. The first kappa shape index (κ1) is 11.9. The van der Waals surface area contributed by atoms with Crippen LogP contribution in [0.25, 0.3) is 0 Å². The van der Waals surface area contributed by atoms with Crippen molar-refractivity contribution >= 4 is 11.9 Å². The van der Waals surface area contributed by atoms with E-state index in [0.29, 0.717) is 0 Å². The van der Waals surface area contributed by atoms with Crippen molar-refractivity contribution in [3.63, 3.8) is 0 Å². The highest BCUT2D eigenvalue weighted by Gasteiger charge is 2.19. The maximum Gasteiger partial charge on any atom is 0.308 e. The molecule has 0 unspecified atom stereocenters. The molecule has 4 nitrogen and oxygen atoms in total. The summed E-state index contributed by atoms with van der Waals surface area (Å²) in [6.07, 6.45) is -0.477. The number of rotatable bonds is 4. The first-order valence-electron chi connectivity index (χ1n) is 4.34. The van der Waals surface area contributed by atoms with Crippen LogP contribution in [0.2, 0.25) is 0 Å². The lowest BCUT2D eigenvalue weighted by atomic mass is 10.2. The summed E-state index contributed by atoms with van der Waals surface area (Å²) in [5, 5.41) is 0. The molecule has 0 radical (unpaired) electrons. The van der Waals surface area contributed by atoms with Gasteiger partial charge in [-0.25, -0.2) is 0 Å². The molecule has 0 spiro atoms. The van der Waals surface area contributed by atoms with E-state index in [1.807, 2.05) is 13.8 Å². The number of hydrogen-bond donors (Lipinski definition) is 0. The summed E-state index contributed by atoms with van der Waals surface area (Å²) >= 11 is 0. The summed E-state index contributed by atoms with van der Waals surface area (Å²) < 4.78 is 9.69. The van der Waals surface area contributed by atoms with E-state index in [9.17, 15) is 9.59 Å². The third-order valence-electron chi connectivity index (χ3n) is 1.36. The largest absolute Gasteiger partial charge is 0.425 e. The zero-order valence-electron chi connectivity index (χ0n) is 8.49. The first-order chi connectivity index (χ1) is 5.97. The van der Waals surface area contributed by atoms with Crippen LogP contribution >= 0.6 is 0 Å². The van der Waals surface area contributed by atoms with Crippen LogP contribution in [0.3, 0.4) is 0 Å². The molecule has 0 saturated heterocycles. The second-order valence-corrected chi connectivity index (χ2v) is 3.07. The van der Waals surface area contributed by atoms with Crippen LogP contribution in [0.1, 0.15) is 34.1 Å². The van der Waals surface area contributed by atoms with E-state index in [4.69, 9.17) is 9.47 Å². The van der Waals surface area contributed by atoms with Crippen molar-refractivity contribution in [3.05, 3.63) is 0 Å². The van der Waals surface area contributed by atoms with Gasteiger partial charge in [0.25, 0.3) is 0 Å². The van der Waals surface area contributed by atoms with Crippen LogP contribution in [0, 0.1) is 5.92 Å². The standard InChI is InChI=1S/C9H16O4/c1-5-8(11)13-9(6(2)3)12-7(4)10/h6,9H,5H2,1-4H3/t9-/m0/s1. The SMILES string of the molecule is CCC(=O)O[C@H](OC(C)=O)C(C)C. The Morgan fingerprint density at radius 1 is 1.23 bits per heavy atom. The third-order valence-corrected chi connectivity index (χ3v) is 1.36. The predicted molar refractivity (Wildman–Crippen MR) is 46.8 cm³/mol. The lowest BCUT2D eigenvalue weighted by molar-refractivity contribution is -0.194. The van der Waals surface area contributed by atoms with E-state index in [1.54, 1.807) is 6.92 Å². The van der Waals surface area contributed by atoms with Crippen molar-refractivity contribution in [3.8, 4) is 0 Å². The Labute approximate surface area is 78.2 Å². The van der Waals surface area contributed by atoms with Gasteiger partial charge in [0.1, 0.15) is 0 Å². The Bertz CT molecular complexity index is 186. The van der Waals surface area contributed by atoms with Gasteiger partial charge in [-0.1, -0.05) is 20.8 Å². The normalized spacial score (nSPS) is 12.4. The van der Waals surface area contributed by atoms with Crippen molar-refractivity contribution < 1.29 is 19.1 Å². The number of carbonyl (C=O) groups excluding carboxylic acids is 2. The molecule has 0 heterocycles. The highest BCUT2D eigenvalue weighted by molar-refractivity contribution is 5.70. The van der Waals surface area contributed by atoms with Crippen LogP contribution in [0.5, 0.6) is 0 Å². The van der Waals surface area contributed by atoms with Gasteiger partial charge in [-0.3, -0.25) is 9.59 Å². The summed E-state index contributed by atoms with van der Waals surface area (Å²) in [5.41, 5.74) is 0. The summed E-state index contributed by atoms with van der Waals surface area (Å²) in [7, 11) is 0. The molecule has 0 N–H and O–H groups in total. The average molecular weight is 188 g/mol. The van der Waals surface area contributed by atoms with Gasteiger partial charge in [0, 0.05) is 19.3 Å². The zero-order valence-corrected chi connectivity index (χ0v) is 8.49. The summed E-state index contributed by atoms with van der Waals surface area (Å²) in [6, 6.07) is 0. The Kier molecular flexibility index (Phi) is 5.11. The zero-order chi connectivity index (χ0) is 10.4. The minimum absolute atomic E-state index is 0.0283. The van der Waals surface area contributed by atoms with Crippen molar-refractivity contribution in [1.82, 2.24) is 0 Å². The fraction of sp³-hybridized carbons (Fsp3) is 0.778. The van der Waals surface area contributed by atoms with Gasteiger partial charge in [-0.2, -0.15) is 0 Å². The van der Waals surface area contributed by atoms with Crippen molar-refractivity contribution in [2.75, 3.05) is 0 Å². The lowest BCUT2D eigenvalue weighted by Crippen LogP contribution is -2.28. The van der Waals surface area contributed by atoms with Gasteiger partial charge in [-0.15, -0.1) is 0 Å². The highest BCUT2D eigenvalue weighted by Crippen LogP contribution is 2.09. The molecule has 0 fully saturated rings. The van der Waals surface area contributed by atoms with Gasteiger partial charge < -0.3 is 9.47 Å². The molecule has 4 heteroatoms. The predicted octanol–water partition coefficient (Wildman–Crippen LogP) is 1.48. The van der Waals surface area contributed by atoms with Crippen LogP contribution < -0.4 is 0 Å². The Hall–Kier alpha value is -1.06. The molecule has 0 bridgehead atoms. The van der Waals surface area contributed by atoms with Gasteiger partial charge in [0.05, 0.1) is 0 Å². The van der Waals surface area contributed by atoms with Gasteiger partial charge >= 0.3 is 11.9 Å². The molecule has 0 aliphatic rings. The third kappa shape index (κ3) is 5.22. The van der Waals surface area contributed by atoms with Crippen LogP contribution in [0.15, 0.2) is 0 Å². The molecular weight excluding hydrogens is 172 g/mol. The lowest BCUT2D eigenvalue weighted by Gasteiger charge is -2.20. The van der Waals surface area contributed by atoms with Crippen LogP contribution in [-0.2, 0) is 19.1 Å². The Morgan fingerprint density at radius 3 is 2.08 bits per heavy atom. The van der Waals surface area contributed by atoms with E-state index in [0.717, 1.165) is 0 Å². The van der Waals surface area contributed by atoms with Crippen molar-refractivity contribution in [1.29, 1.82) is 0 Å². The highest BCUT2D eigenvalue weighted by atomic mass is 16.7. The number of hydrogen-bond acceptors (Lipinski definition) is 4. The van der Waals surface area contributed by atoms with Crippen molar-refractivity contribution in [2.24, 2.45) is 5.92 Å². The monoisotopic (exact) mass is 188 g/mol. The fourth-order valence-corrected chi connectivity index (χ4v) is 0.673. The second kappa shape index (κ2) is 5.56. The van der Waals surface area contributed by atoms with Crippen molar-refractivity contribution in [2.45, 2.75) is 40.4 Å². The molecule has 1 atom stereocenters. The Balaban J connectivity index is 4.09. The molecule has 0 aromatic rings. The number of ether oxygens (including phenoxy) is 2. The van der Waals surface area contributed by atoms with E-state index >= 15 is 0 Å². The second-order valence-electron chi connectivity index (χ2n) is 3.07. The smallest absolute Gasteiger partial charge is 0.308 e. The van der Waals surface area contributed by atoms with Crippen LogP contribution in [-0.4, -0.2) is 18.2 Å². The average Bonchev–Trinajstić information content (AvgIpc) is 2.02. The van der Waals surface area contributed by atoms with Crippen LogP contribution in [0.4, 0.5) is 0 Å². The maximum atomic E-state index is 10.9. The molecule has 0 rings (SSSR count). The van der Waals surface area contributed by atoms with Gasteiger partial charge in [-0.05, 0) is 0 Å². The topological polar surface area (TPSA) is 52.6 Å². The molecular formula is C9H16O4. The fourth-order valence-electron chi connectivity index (χ4n) is 0.673.